The van der Waals surface area contributed by atoms with Crippen LogP contribution in [0.3, 0.4) is 0 Å². The second kappa shape index (κ2) is 29.0. The van der Waals surface area contributed by atoms with Gasteiger partial charge in [0.25, 0.3) is 0 Å². The highest BCUT2D eigenvalue weighted by atomic mass is 16.6. The molecule has 0 saturated carbocycles. The van der Waals surface area contributed by atoms with Crippen molar-refractivity contribution in [3.8, 4) is 11.5 Å². The first-order chi connectivity index (χ1) is 29.9. The molecular formula is C50H64N2O9. The Morgan fingerprint density at radius 1 is 0.410 bits per heavy atom. The molecule has 328 valence electrons. The quantitative estimate of drug-likeness (QED) is 0.0268. The molecule has 11 nitrogen and oxygen atoms in total. The highest BCUT2D eigenvalue weighted by Gasteiger charge is 2.13. The zero-order valence-electron chi connectivity index (χ0n) is 36.1. The van der Waals surface area contributed by atoms with Gasteiger partial charge in [-0.2, -0.15) is 0 Å². The Morgan fingerprint density at radius 3 is 1.15 bits per heavy atom. The van der Waals surface area contributed by atoms with E-state index in [1.54, 1.807) is 24.3 Å². The number of nitrogens with zero attached hydrogens (tertiary/aromatic N) is 2. The lowest BCUT2D eigenvalue weighted by molar-refractivity contribution is -0.147. The normalized spacial score (nSPS) is 11.1. The number of benzene rings is 4. The molecule has 4 aromatic rings. The van der Waals surface area contributed by atoms with Crippen LogP contribution in [0.1, 0.15) is 97.1 Å². The highest BCUT2D eigenvalue weighted by Crippen LogP contribution is 2.17. The van der Waals surface area contributed by atoms with Gasteiger partial charge in [0, 0.05) is 48.4 Å². The molecule has 61 heavy (non-hydrogen) atoms. The van der Waals surface area contributed by atoms with E-state index in [1.807, 2.05) is 84.9 Å². The molecule has 0 aliphatic heterocycles. The van der Waals surface area contributed by atoms with E-state index in [0.717, 1.165) is 64.7 Å². The number of carbonyl (C=O) groups is 4. The van der Waals surface area contributed by atoms with Crippen LogP contribution in [0.25, 0.3) is 0 Å². The van der Waals surface area contributed by atoms with Crippen LogP contribution in [0.15, 0.2) is 109 Å². The van der Waals surface area contributed by atoms with Crippen molar-refractivity contribution in [2.24, 2.45) is 0 Å². The molecule has 11 heteroatoms. The summed E-state index contributed by atoms with van der Waals surface area (Å²) < 4.78 is 28.2. The van der Waals surface area contributed by atoms with E-state index < -0.39 is 0 Å². The molecule has 0 bridgehead atoms. The highest BCUT2D eigenvalue weighted by molar-refractivity contribution is 6.09. The van der Waals surface area contributed by atoms with Crippen molar-refractivity contribution in [3.63, 3.8) is 0 Å². The summed E-state index contributed by atoms with van der Waals surface area (Å²) in [5.74, 6) is 0.845. The molecule has 0 saturated heterocycles. The predicted molar refractivity (Wildman–Crippen MR) is 238 cm³/mol. The van der Waals surface area contributed by atoms with Gasteiger partial charge in [0.1, 0.15) is 24.7 Å². The molecular weight excluding hydrogens is 773 g/mol. The van der Waals surface area contributed by atoms with Crippen LogP contribution in [-0.4, -0.2) is 112 Å². The maximum Gasteiger partial charge on any atom is 0.307 e. The van der Waals surface area contributed by atoms with E-state index in [1.165, 1.54) is 0 Å². The SMILES string of the molecule is CCCCN(CCCOc1ccc(C(=O)c2ccccc2)cc1)CCC(=O)OCCOCCOC(=O)CCN(CCCC)CCCOc1ccc(C(=O)c2ccccc2)cc1. The Hall–Kier alpha value is -5.36. The van der Waals surface area contributed by atoms with Crippen LogP contribution < -0.4 is 9.47 Å². The van der Waals surface area contributed by atoms with E-state index in [2.05, 4.69) is 23.6 Å². The van der Waals surface area contributed by atoms with Gasteiger partial charge >= 0.3 is 11.9 Å². The second-order valence-corrected chi connectivity index (χ2v) is 14.8. The van der Waals surface area contributed by atoms with Gasteiger partial charge in [-0.15, -0.1) is 0 Å². The number of hydrogen-bond acceptors (Lipinski definition) is 11. The summed E-state index contributed by atoms with van der Waals surface area (Å²) in [6, 6.07) is 32.9. The first-order valence-corrected chi connectivity index (χ1v) is 21.8. The number of ether oxygens (including phenoxy) is 5. The molecule has 0 amide bonds. The third kappa shape index (κ3) is 19.3. The molecule has 0 fully saturated rings. The Kier molecular flexibility index (Phi) is 23.0. The fourth-order valence-corrected chi connectivity index (χ4v) is 6.48. The molecule has 0 aliphatic carbocycles. The Labute approximate surface area is 362 Å². The lowest BCUT2D eigenvalue weighted by Crippen LogP contribution is -2.30. The van der Waals surface area contributed by atoms with Crippen LogP contribution in [0.5, 0.6) is 11.5 Å². The average molecular weight is 837 g/mol. The topological polar surface area (TPSA) is 121 Å². The summed E-state index contributed by atoms with van der Waals surface area (Å²) in [4.78, 5) is 54.7. The predicted octanol–water partition coefficient (Wildman–Crippen LogP) is 8.47. The summed E-state index contributed by atoms with van der Waals surface area (Å²) in [5.41, 5.74) is 2.55. The number of unbranched alkanes of at least 4 members (excludes halogenated alkanes) is 2. The van der Waals surface area contributed by atoms with E-state index in [4.69, 9.17) is 23.7 Å². The van der Waals surface area contributed by atoms with Gasteiger partial charge < -0.3 is 33.5 Å². The smallest absolute Gasteiger partial charge is 0.307 e. The number of rotatable bonds is 32. The van der Waals surface area contributed by atoms with Gasteiger partial charge in [-0.25, -0.2) is 0 Å². The Bertz CT molecular complexity index is 1700. The van der Waals surface area contributed by atoms with Gasteiger partial charge in [0.2, 0.25) is 0 Å². The number of carbonyl (C=O) groups excluding carboxylic acids is 4. The molecule has 0 atom stereocenters. The minimum absolute atomic E-state index is 0.0180. The Balaban J connectivity index is 1.01. The molecule has 0 aromatic heterocycles. The fraction of sp³-hybridized carbons (Fsp3) is 0.440. The molecule has 4 aromatic carbocycles. The molecule has 0 radical (unpaired) electrons. The second-order valence-electron chi connectivity index (χ2n) is 14.8. The third-order valence-electron chi connectivity index (χ3n) is 9.98. The molecule has 0 spiro atoms. The maximum absolute atomic E-state index is 12.7. The standard InChI is InChI=1S/C50H64N2O9/c1-3-5-29-51(31-13-35-58-45-23-19-43(20-24-45)49(55)41-15-9-7-10-16-41)33-27-47(53)60-39-37-57-38-40-61-48(54)28-34-52(30-6-4-2)32-14-36-59-46-25-21-44(22-26-46)50(56)42-17-11-8-12-18-42/h7-12,15-26H,3-6,13-14,27-40H2,1-2H3. The largest absolute Gasteiger partial charge is 0.494 e. The third-order valence-corrected chi connectivity index (χ3v) is 9.98. The molecule has 0 aliphatic rings. The van der Waals surface area contributed by atoms with Crippen LogP contribution >= 0.6 is 0 Å². The van der Waals surface area contributed by atoms with E-state index >= 15 is 0 Å². The Morgan fingerprint density at radius 2 is 0.770 bits per heavy atom. The number of esters is 2. The number of hydrogen-bond donors (Lipinski definition) is 0. The van der Waals surface area contributed by atoms with Gasteiger partial charge in [-0.1, -0.05) is 87.4 Å². The van der Waals surface area contributed by atoms with Crippen LogP contribution in [0.4, 0.5) is 0 Å². The molecule has 0 unspecified atom stereocenters. The summed E-state index contributed by atoms with van der Waals surface area (Å²) in [7, 11) is 0. The first kappa shape index (κ1) is 48.3. The first-order valence-electron chi connectivity index (χ1n) is 21.8. The van der Waals surface area contributed by atoms with Gasteiger partial charge in [0.15, 0.2) is 11.6 Å². The van der Waals surface area contributed by atoms with Gasteiger partial charge in [0.05, 0.1) is 39.3 Å². The molecule has 0 heterocycles. The summed E-state index contributed by atoms with van der Waals surface area (Å²) >= 11 is 0. The minimum atomic E-state index is -0.275. The lowest BCUT2D eigenvalue weighted by Gasteiger charge is -2.22. The van der Waals surface area contributed by atoms with Crippen molar-refractivity contribution in [3.05, 3.63) is 131 Å². The zero-order valence-corrected chi connectivity index (χ0v) is 36.1. The summed E-state index contributed by atoms with van der Waals surface area (Å²) in [6.07, 6.45) is 6.37. The van der Waals surface area contributed by atoms with E-state index in [9.17, 15) is 19.2 Å². The minimum Gasteiger partial charge on any atom is -0.494 e. The van der Waals surface area contributed by atoms with Crippen LogP contribution in [-0.2, 0) is 23.8 Å². The van der Waals surface area contributed by atoms with E-state index in [-0.39, 0.29) is 62.8 Å². The van der Waals surface area contributed by atoms with Crippen molar-refractivity contribution in [1.82, 2.24) is 9.80 Å². The van der Waals surface area contributed by atoms with Crippen LogP contribution in [0, 0.1) is 0 Å². The molecule has 0 N–H and O–H groups in total. The number of ketones is 2. The van der Waals surface area contributed by atoms with Crippen molar-refractivity contribution >= 4 is 23.5 Å². The van der Waals surface area contributed by atoms with Crippen molar-refractivity contribution < 1.29 is 42.9 Å². The fourth-order valence-electron chi connectivity index (χ4n) is 6.48. The average Bonchev–Trinajstić information content (AvgIpc) is 3.30. The molecule has 4 rings (SSSR count). The lowest BCUT2D eigenvalue weighted by atomic mass is 10.0. The van der Waals surface area contributed by atoms with Crippen LogP contribution in [0.2, 0.25) is 0 Å². The maximum atomic E-state index is 12.7. The zero-order chi connectivity index (χ0) is 43.3. The van der Waals surface area contributed by atoms with Gasteiger partial charge in [-0.05, 0) is 87.3 Å². The monoisotopic (exact) mass is 836 g/mol. The van der Waals surface area contributed by atoms with Gasteiger partial charge in [-0.3, -0.25) is 19.2 Å². The summed E-state index contributed by atoms with van der Waals surface area (Å²) in [5, 5.41) is 0. The van der Waals surface area contributed by atoms with E-state index in [0.29, 0.717) is 60.1 Å². The summed E-state index contributed by atoms with van der Waals surface area (Å²) in [6.45, 7) is 10.7. The van der Waals surface area contributed by atoms with Crippen molar-refractivity contribution in [2.75, 3.05) is 78.9 Å². The van der Waals surface area contributed by atoms with Crippen molar-refractivity contribution in [1.29, 1.82) is 0 Å². The van der Waals surface area contributed by atoms with Crippen molar-refractivity contribution in [2.45, 2.75) is 65.2 Å².